The zero-order valence-electron chi connectivity index (χ0n) is 14.8. The fourth-order valence-corrected chi connectivity index (χ4v) is 2.02. The summed E-state index contributed by atoms with van der Waals surface area (Å²) in [5, 5.41) is 33.7. The number of aliphatic hydroxyl groups excluding tert-OH is 1. The zero-order valence-corrected chi connectivity index (χ0v) is 14.8. The number of carboxylic acids is 2. The zero-order chi connectivity index (χ0) is 20.4. The monoisotopic (exact) mass is 375 g/mol. The molecular weight excluding hydrogens is 350 g/mol. The van der Waals surface area contributed by atoms with Crippen LogP contribution >= 0.6 is 0 Å². The minimum atomic E-state index is -1.35. The molecule has 0 aliphatic carbocycles. The molecule has 11 nitrogen and oxygen atoms in total. The van der Waals surface area contributed by atoms with Gasteiger partial charge in [-0.1, -0.05) is 13.8 Å². The Balaban J connectivity index is 5.22. The Labute approximate surface area is 150 Å². The van der Waals surface area contributed by atoms with Gasteiger partial charge in [-0.15, -0.1) is 0 Å². The van der Waals surface area contributed by atoms with Crippen LogP contribution in [0.15, 0.2) is 0 Å². The number of amides is 3. The van der Waals surface area contributed by atoms with Crippen molar-refractivity contribution in [3.63, 3.8) is 0 Å². The number of nitrogens with one attached hydrogen (secondary N) is 3. The number of hydrogen-bond acceptors (Lipinski definition) is 6. The summed E-state index contributed by atoms with van der Waals surface area (Å²) in [7, 11) is 0. The van der Waals surface area contributed by atoms with E-state index < -0.39 is 66.7 Å². The molecule has 148 valence electrons. The summed E-state index contributed by atoms with van der Waals surface area (Å²) < 4.78 is 0. The molecular formula is C15H25N3O8. The van der Waals surface area contributed by atoms with Gasteiger partial charge in [-0.3, -0.25) is 19.2 Å². The molecule has 0 spiro atoms. The maximum atomic E-state index is 12.3. The summed E-state index contributed by atoms with van der Waals surface area (Å²) in [6.07, 6.45) is -0.753. The van der Waals surface area contributed by atoms with Gasteiger partial charge in [0.1, 0.15) is 18.1 Å². The molecule has 0 radical (unpaired) electrons. The highest BCUT2D eigenvalue weighted by Gasteiger charge is 2.30. The molecule has 0 aromatic carbocycles. The molecule has 0 aliphatic rings. The highest BCUT2D eigenvalue weighted by atomic mass is 16.4. The molecule has 0 saturated carbocycles. The van der Waals surface area contributed by atoms with E-state index in [9.17, 15) is 24.0 Å². The van der Waals surface area contributed by atoms with E-state index in [1.807, 2.05) is 0 Å². The van der Waals surface area contributed by atoms with Crippen molar-refractivity contribution in [2.75, 3.05) is 6.61 Å². The summed E-state index contributed by atoms with van der Waals surface area (Å²) in [6, 6.07) is -3.90. The van der Waals surface area contributed by atoms with Gasteiger partial charge in [0.2, 0.25) is 17.7 Å². The van der Waals surface area contributed by atoms with Crippen molar-refractivity contribution < 1.29 is 39.3 Å². The second-order valence-corrected chi connectivity index (χ2v) is 6.00. The Hall–Kier alpha value is -2.69. The first-order valence-electron chi connectivity index (χ1n) is 7.92. The Morgan fingerprint density at radius 1 is 0.885 bits per heavy atom. The standard InChI is InChI=1S/C15H25N3O8/c1-7(2)12(15(25)26)18-13(23)9(4-5-11(21)22)17-14(24)10(6-19)16-8(3)20/h7,9-10,12,19H,4-6H2,1-3H3,(H,16,20)(H,17,24)(H,18,23)(H,21,22)(H,25,26)/t9-,10-,12-/m0/s1. The molecule has 3 atom stereocenters. The van der Waals surface area contributed by atoms with Gasteiger partial charge < -0.3 is 31.3 Å². The number of aliphatic carboxylic acids is 2. The number of carboxylic acid groups (broad SMARTS) is 2. The Morgan fingerprint density at radius 2 is 1.42 bits per heavy atom. The molecule has 0 aromatic rings. The third-order valence-electron chi connectivity index (χ3n) is 3.39. The highest BCUT2D eigenvalue weighted by Crippen LogP contribution is 2.05. The number of rotatable bonds is 11. The van der Waals surface area contributed by atoms with E-state index in [-0.39, 0.29) is 6.42 Å². The van der Waals surface area contributed by atoms with E-state index in [0.717, 1.165) is 6.92 Å². The minimum Gasteiger partial charge on any atom is -0.481 e. The van der Waals surface area contributed by atoms with Crippen LogP contribution < -0.4 is 16.0 Å². The van der Waals surface area contributed by atoms with Crippen LogP contribution in [0, 0.1) is 5.92 Å². The Kier molecular flexibility index (Phi) is 9.89. The molecule has 26 heavy (non-hydrogen) atoms. The molecule has 11 heteroatoms. The van der Waals surface area contributed by atoms with E-state index in [1.54, 1.807) is 13.8 Å². The maximum absolute atomic E-state index is 12.3. The summed E-state index contributed by atoms with van der Waals surface area (Å²) in [5.41, 5.74) is 0. The molecule has 0 bridgehead atoms. The molecule has 0 rings (SSSR count). The lowest BCUT2D eigenvalue weighted by Crippen LogP contribution is -2.57. The lowest BCUT2D eigenvalue weighted by atomic mass is 10.0. The summed E-state index contributed by atoms with van der Waals surface area (Å²) >= 11 is 0. The van der Waals surface area contributed by atoms with Gasteiger partial charge in [0.25, 0.3) is 0 Å². The SMILES string of the molecule is CC(=O)N[C@@H](CO)C(=O)N[C@@H](CCC(=O)O)C(=O)N[C@H](C(=O)O)C(C)C. The van der Waals surface area contributed by atoms with E-state index in [2.05, 4.69) is 16.0 Å². The first-order chi connectivity index (χ1) is 12.0. The van der Waals surface area contributed by atoms with Crippen molar-refractivity contribution in [2.24, 2.45) is 5.92 Å². The number of aliphatic hydroxyl groups is 1. The van der Waals surface area contributed by atoms with Crippen molar-refractivity contribution >= 4 is 29.7 Å². The average Bonchev–Trinajstić information content (AvgIpc) is 2.52. The van der Waals surface area contributed by atoms with E-state index in [4.69, 9.17) is 15.3 Å². The van der Waals surface area contributed by atoms with E-state index in [0.29, 0.717) is 0 Å². The van der Waals surface area contributed by atoms with Crippen molar-refractivity contribution in [3.8, 4) is 0 Å². The van der Waals surface area contributed by atoms with Gasteiger partial charge in [-0.05, 0) is 12.3 Å². The average molecular weight is 375 g/mol. The van der Waals surface area contributed by atoms with Gasteiger partial charge in [0, 0.05) is 13.3 Å². The van der Waals surface area contributed by atoms with Gasteiger partial charge in [0.15, 0.2) is 0 Å². The topological polar surface area (TPSA) is 182 Å². The van der Waals surface area contributed by atoms with Crippen molar-refractivity contribution in [3.05, 3.63) is 0 Å². The Morgan fingerprint density at radius 3 is 1.81 bits per heavy atom. The third kappa shape index (κ3) is 8.42. The summed E-state index contributed by atoms with van der Waals surface area (Å²) in [4.78, 5) is 57.4. The lowest BCUT2D eigenvalue weighted by Gasteiger charge is -2.24. The van der Waals surface area contributed by atoms with E-state index >= 15 is 0 Å². The molecule has 0 fully saturated rings. The highest BCUT2D eigenvalue weighted by molar-refractivity contribution is 5.93. The van der Waals surface area contributed by atoms with Gasteiger partial charge in [-0.2, -0.15) is 0 Å². The molecule has 0 heterocycles. The van der Waals surface area contributed by atoms with Gasteiger partial charge >= 0.3 is 11.9 Å². The molecule has 3 amide bonds. The van der Waals surface area contributed by atoms with E-state index in [1.165, 1.54) is 0 Å². The first kappa shape index (κ1) is 23.3. The summed E-state index contributed by atoms with van der Waals surface area (Å²) in [6.45, 7) is 3.54. The fraction of sp³-hybridized carbons (Fsp3) is 0.667. The van der Waals surface area contributed by atoms with Crippen LogP contribution in [0.3, 0.4) is 0 Å². The smallest absolute Gasteiger partial charge is 0.326 e. The summed E-state index contributed by atoms with van der Waals surface area (Å²) in [5.74, 6) is -5.29. The fourth-order valence-electron chi connectivity index (χ4n) is 2.02. The third-order valence-corrected chi connectivity index (χ3v) is 3.39. The molecule has 0 saturated heterocycles. The van der Waals surface area contributed by atoms with Crippen LogP contribution in [-0.2, 0) is 24.0 Å². The van der Waals surface area contributed by atoms with Gasteiger partial charge in [-0.25, -0.2) is 4.79 Å². The molecule has 0 unspecified atom stereocenters. The predicted molar refractivity (Wildman–Crippen MR) is 87.9 cm³/mol. The largest absolute Gasteiger partial charge is 0.481 e. The van der Waals surface area contributed by atoms with Crippen molar-refractivity contribution in [1.29, 1.82) is 0 Å². The second kappa shape index (κ2) is 11.0. The minimum absolute atomic E-state index is 0.296. The number of hydrogen-bond donors (Lipinski definition) is 6. The van der Waals surface area contributed by atoms with Gasteiger partial charge in [0.05, 0.1) is 6.61 Å². The lowest BCUT2D eigenvalue weighted by molar-refractivity contribution is -0.144. The molecule has 6 N–H and O–H groups in total. The first-order valence-corrected chi connectivity index (χ1v) is 7.92. The van der Waals surface area contributed by atoms with Crippen LogP contribution in [-0.4, -0.2) is 69.7 Å². The normalized spacial score (nSPS) is 14.0. The van der Waals surface area contributed by atoms with Crippen LogP contribution in [0.4, 0.5) is 0 Å². The number of carbonyl (C=O) groups is 5. The number of carbonyl (C=O) groups excluding carboxylic acids is 3. The van der Waals surface area contributed by atoms with Crippen LogP contribution in [0.5, 0.6) is 0 Å². The Bertz CT molecular complexity index is 549. The quantitative estimate of drug-likeness (QED) is 0.241. The van der Waals surface area contributed by atoms with Crippen LogP contribution in [0.2, 0.25) is 0 Å². The van der Waals surface area contributed by atoms with Crippen molar-refractivity contribution in [2.45, 2.75) is 51.7 Å². The van der Waals surface area contributed by atoms with Crippen molar-refractivity contribution in [1.82, 2.24) is 16.0 Å². The molecule has 0 aliphatic heterocycles. The second-order valence-electron chi connectivity index (χ2n) is 6.00. The molecule has 0 aromatic heterocycles. The maximum Gasteiger partial charge on any atom is 0.326 e. The van der Waals surface area contributed by atoms with Crippen LogP contribution in [0.1, 0.15) is 33.6 Å². The predicted octanol–water partition coefficient (Wildman–Crippen LogP) is -1.94. The van der Waals surface area contributed by atoms with Crippen LogP contribution in [0.25, 0.3) is 0 Å².